The molecule has 2 rings (SSSR count). The molecule has 0 amide bonds. The molecule has 1 heterocycles. The van der Waals surface area contributed by atoms with E-state index in [0.717, 1.165) is 23.3 Å². The number of hydrogen-bond acceptors (Lipinski definition) is 2. The van der Waals surface area contributed by atoms with Gasteiger partial charge < -0.3 is 4.42 Å². The fraction of sp³-hybridized carbons (Fsp3) is 0.154. The third-order valence-electron chi connectivity index (χ3n) is 2.05. The smallest absolute Gasteiger partial charge is 0.226 e. The lowest BCUT2D eigenvalue weighted by molar-refractivity contribution is 0.528. The monoisotopic (exact) mass is 199 g/mol. The summed E-state index contributed by atoms with van der Waals surface area (Å²) in [5.41, 5.74) is 2.08. The molecule has 0 bridgehead atoms. The van der Waals surface area contributed by atoms with Gasteiger partial charge >= 0.3 is 0 Å². The lowest BCUT2D eigenvalue weighted by atomic mass is 10.2. The van der Waals surface area contributed by atoms with Gasteiger partial charge in [0.15, 0.2) is 0 Å². The zero-order valence-corrected chi connectivity index (χ0v) is 8.73. The van der Waals surface area contributed by atoms with Crippen LogP contribution in [-0.4, -0.2) is 4.98 Å². The van der Waals surface area contributed by atoms with Gasteiger partial charge in [0.2, 0.25) is 5.89 Å². The van der Waals surface area contributed by atoms with Crippen LogP contribution in [0.15, 0.2) is 53.1 Å². The van der Waals surface area contributed by atoms with Crippen molar-refractivity contribution in [1.29, 1.82) is 0 Å². The average Bonchev–Trinajstić information content (AvgIpc) is 2.67. The molecule has 0 unspecified atom stereocenters. The molecule has 2 aromatic rings. The van der Waals surface area contributed by atoms with Crippen LogP contribution in [0.3, 0.4) is 0 Å². The Bertz CT molecular complexity index is 456. The van der Waals surface area contributed by atoms with Gasteiger partial charge in [0.1, 0.15) is 5.76 Å². The molecule has 0 atom stereocenters. The van der Waals surface area contributed by atoms with E-state index in [4.69, 9.17) is 4.42 Å². The molecule has 1 aromatic carbocycles. The Kier molecular flexibility index (Phi) is 2.68. The van der Waals surface area contributed by atoms with Crippen LogP contribution in [0.25, 0.3) is 11.5 Å². The van der Waals surface area contributed by atoms with Gasteiger partial charge in [-0.3, -0.25) is 0 Å². The normalized spacial score (nSPS) is 10.2. The van der Waals surface area contributed by atoms with Gasteiger partial charge in [-0.2, -0.15) is 0 Å². The minimum atomic E-state index is 0.673. The summed E-state index contributed by atoms with van der Waals surface area (Å²) in [7, 11) is 0. The van der Waals surface area contributed by atoms with E-state index in [1.54, 1.807) is 6.20 Å². The Hall–Kier alpha value is -1.83. The van der Waals surface area contributed by atoms with Gasteiger partial charge in [0.25, 0.3) is 0 Å². The summed E-state index contributed by atoms with van der Waals surface area (Å²) in [6.45, 7) is 5.82. The topological polar surface area (TPSA) is 26.0 Å². The minimum Gasteiger partial charge on any atom is -0.441 e. The molecule has 1 aromatic heterocycles. The molecule has 0 saturated carbocycles. The van der Waals surface area contributed by atoms with Crippen LogP contribution in [0.2, 0.25) is 0 Å². The second kappa shape index (κ2) is 4.13. The molecule has 0 aliphatic carbocycles. The highest BCUT2D eigenvalue weighted by Gasteiger charge is 2.05. The largest absolute Gasteiger partial charge is 0.441 e. The van der Waals surface area contributed by atoms with Gasteiger partial charge in [-0.05, 0) is 19.1 Å². The highest BCUT2D eigenvalue weighted by molar-refractivity contribution is 5.52. The van der Waals surface area contributed by atoms with Crippen molar-refractivity contribution in [3.63, 3.8) is 0 Å². The van der Waals surface area contributed by atoms with Gasteiger partial charge in [-0.1, -0.05) is 30.4 Å². The van der Waals surface area contributed by atoms with E-state index < -0.39 is 0 Å². The quantitative estimate of drug-likeness (QED) is 0.707. The lowest BCUT2D eigenvalue weighted by Gasteiger charge is -1.95. The zero-order valence-electron chi connectivity index (χ0n) is 8.73. The maximum absolute atomic E-state index is 5.61. The number of nitrogens with zero attached hydrogens (tertiary/aromatic N) is 1. The summed E-state index contributed by atoms with van der Waals surface area (Å²) in [5.74, 6) is 1.54. The van der Waals surface area contributed by atoms with Crippen molar-refractivity contribution < 1.29 is 4.42 Å². The number of oxazole rings is 1. The average molecular weight is 199 g/mol. The van der Waals surface area contributed by atoms with Crippen molar-refractivity contribution in [2.75, 3.05) is 0 Å². The first-order chi connectivity index (χ1) is 7.25. The summed E-state index contributed by atoms with van der Waals surface area (Å²) in [4.78, 5) is 4.23. The molecule has 2 nitrogen and oxygen atoms in total. The Morgan fingerprint density at radius 1 is 1.33 bits per heavy atom. The van der Waals surface area contributed by atoms with E-state index in [1.165, 1.54) is 0 Å². The van der Waals surface area contributed by atoms with Crippen LogP contribution >= 0.6 is 0 Å². The summed E-state index contributed by atoms with van der Waals surface area (Å²) < 4.78 is 5.61. The number of aromatic nitrogens is 1. The van der Waals surface area contributed by atoms with E-state index in [2.05, 4.69) is 11.6 Å². The van der Waals surface area contributed by atoms with Crippen LogP contribution in [0, 0.1) is 0 Å². The highest BCUT2D eigenvalue weighted by atomic mass is 16.4. The number of hydrogen-bond donors (Lipinski definition) is 0. The predicted octanol–water partition coefficient (Wildman–Crippen LogP) is 3.46. The molecule has 0 saturated heterocycles. The number of rotatable bonds is 3. The molecule has 0 aliphatic rings. The van der Waals surface area contributed by atoms with Crippen LogP contribution in [0.1, 0.15) is 12.7 Å². The predicted molar refractivity (Wildman–Crippen MR) is 60.5 cm³/mol. The Balaban J connectivity index is 2.24. The molecule has 0 fully saturated rings. The summed E-state index contributed by atoms with van der Waals surface area (Å²) in [6, 6.07) is 9.88. The van der Waals surface area contributed by atoms with Crippen molar-refractivity contribution in [3.05, 3.63) is 54.4 Å². The van der Waals surface area contributed by atoms with Crippen molar-refractivity contribution in [2.45, 2.75) is 13.3 Å². The maximum atomic E-state index is 5.61. The van der Waals surface area contributed by atoms with Crippen molar-refractivity contribution in [2.24, 2.45) is 0 Å². The Labute approximate surface area is 89.3 Å². The van der Waals surface area contributed by atoms with Crippen LogP contribution in [-0.2, 0) is 6.42 Å². The first kappa shape index (κ1) is 9.71. The molecule has 0 N–H and O–H groups in total. The third kappa shape index (κ3) is 2.34. The van der Waals surface area contributed by atoms with Crippen molar-refractivity contribution >= 4 is 0 Å². The fourth-order valence-corrected chi connectivity index (χ4v) is 1.40. The van der Waals surface area contributed by atoms with Crippen LogP contribution in [0.4, 0.5) is 0 Å². The third-order valence-corrected chi connectivity index (χ3v) is 2.05. The van der Waals surface area contributed by atoms with E-state index in [0.29, 0.717) is 5.89 Å². The van der Waals surface area contributed by atoms with E-state index >= 15 is 0 Å². The van der Waals surface area contributed by atoms with Crippen LogP contribution < -0.4 is 0 Å². The lowest BCUT2D eigenvalue weighted by Crippen LogP contribution is -1.80. The molecule has 15 heavy (non-hydrogen) atoms. The molecule has 76 valence electrons. The second-order valence-corrected chi connectivity index (χ2v) is 3.63. The zero-order chi connectivity index (χ0) is 10.7. The number of benzene rings is 1. The highest BCUT2D eigenvalue weighted by Crippen LogP contribution is 2.19. The van der Waals surface area contributed by atoms with Gasteiger partial charge in [-0.25, -0.2) is 4.98 Å². The van der Waals surface area contributed by atoms with Gasteiger partial charge in [-0.15, -0.1) is 0 Å². The van der Waals surface area contributed by atoms with Gasteiger partial charge in [0, 0.05) is 12.0 Å². The van der Waals surface area contributed by atoms with Crippen molar-refractivity contribution in [1.82, 2.24) is 4.98 Å². The SMILES string of the molecule is C=C(C)Cc1cnc(-c2ccccc2)o1. The summed E-state index contributed by atoms with van der Waals surface area (Å²) >= 11 is 0. The number of allylic oxidation sites excluding steroid dienone is 1. The standard InChI is InChI=1S/C13H13NO/c1-10(2)8-12-9-14-13(15-12)11-6-4-3-5-7-11/h3-7,9H,1,8H2,2H3. The first-order valence-electron chi connectivity index (χ1n) is 4.90. The minimum absolute atomic E-state index is 0.673. The fourth-order valence-electron chi connectivity index (χ4n) is 1.40. The molecular weight excluding hydrogens is 186 g/mol. The van der Waals surface area contributed by atoms with E-state index in [9.17, 15) is 0 Å². The van der Waals surface area contributed by atoms with E-state index in [-0.39, 0.29) is 0 Å². The first-order valence-corrected chi connectivity index (χ1v) is 4.90. The van der Waals surface area contributed by atoms with E-state index in [1.807, 2.05) is 37.3 Å². The summed E-state index contributed by atoms with van der Waals surface area (Å²) in [6.07, 6.45) is 2.51. The van der Waals surface area contributed by atoms with Crippen molar-refractivity contribution in [3.8, 4) is 11.5 Å². The Morgan fingerprint density at radius 2 is 2.07 bits per heavy atom. The molecule has 0 spiro atoms. The van der Waals surface area contributed by atoms with Gasteiger partial charge in [0.05, 0.1) is 6.20 Å². The Morgan fingerprint density at radius 3 is 2.73 bits per heavy atom. The van der Waals surface area contributed by atoms with Crippen LogP contribution in [0.5, 0.6) is 0 Å². The summed E-state index contributed by atoms with van der Waals surface area (Å²) in [5, 5.41) is 0. The molecule has 0 radical (unpaired) electrons. The molecule has 0 aliphatic heterocycles. The second-order valence-electron chi connectivity index (χ2n) is 3.63. The molecular formula is C13H13NO. The maximum Gasteiger partial charge on any atom is 0.226 e. The molecule has 2 heteroatoms.